The summed E-state index contributed by atoms with van der Waals surface area (Å²) >= 11 is 0. The molecule has 0 radical (unpaired) electrons. The van der Waals surface area contributed by atoms with E-state index in [1.807, 2.05) is 20.8 Å². The lowest BCUT2D eigenvalue weighted by atomic mass is 10.1. The van der Waals surface area contributed by atoms with Crippen molar-refractivity contribution in [2.45, 2.75) is 32.9 Å². The molecule has 1 aromatic rings. The third-order valence-electron chi connectivity index (χ3n) is 2.56. The maximum absolute atomic E-state index is 11.8. The molecule has 0 bridgehead atoms. The fourth-order valence-electron chi connectivity index (χ4n) is 1.76. The molecule has 0 saturated carbocycles. The number of amides is 1. The highest BCUT2D eigenvalue weighted by molar-refractivity contribution is 5.78. The third kappa shape index (κ3) is 5.15. The number of ether oxygens (including phenoxy) is 3. The van der Waals surface area contributed by atoms with Gasteiger partial charge in [-0.25, -0.2) is 0 Å². The van der Waals surface area contributed by atoms with Gasteiger partial charge in [-0.2, -0.15) is 0 Å². The van der Waals surface area contributed by atoms with E-state index in [0.717, 1.165) is 0 Å². The van der Waals surface area contributed by atoms with E-state index in [2.05, 4.69) is 5.32 Å². The van der Waals surface area contributed by atoms with Gasteiger partial charge in [-0.15, -0.1) is 0 Å². The van der Waals surface area contributed by atoms with Crippen LogP contribution < -0.4 is 19.5 Å². The number of benzene rings is 1. The minimum Gasteiger partial charge on any atom is -0.493 e. The fraction of sp³-hybridized carbons (Fsp3) is 0.533. The summed E-state index contributed by atoms with van der Waals surface area (Å²) in [6.07, 6.45) is 0. The first-order valence-electron chi connectivity index (χ1n) is 6.60. The summed E-state index contributed by atoms with van der Waals surface area (Å²) in [7, 11) is 2.97. The van der Waals surface area contributed by atoms with Gasteiger partial charge in [0.05, 0.1) is 20.8 Å². The molecule has 1 amide bonds. The van der Waals surface area contributed by atoms with Crippen molar-refractivity contribution >= 4 is 5.91 Å². The molecule has 6 heteroatoms. The van der Waals surface area contributed by atoms with Crippen molar-refractivity contribution in [3.05, 3.63) is 17.7 Å². The van der Waals surface area contributed by atoms with Gasteiger partial charge in [0.1, 0.15) is 0 Å². The SMILES string of the molecule is COc1cc(CO)cc(OC)c1OCC(=O)NC(C)(C)C. The predicted octanol–water partition coefficient (Wildman–Crippen LogP) is 1.49. The Hall–Kier alpha value is -1.95. The van der Waals surface area contributed by atoms with E-state index in [1.165, 1.54) is 14.2 Å². The Bertz CT molecular complexity index is 468. The Morgan fingerprint density at radius 1 is 1.19 bits per heavy atom. The van der Waals surface area contributed by atoms with E-state index in [9.17, 15) is 9.90 Å². The summed E-state index contributed by atoms with van der Waals surface area (Å²) in [6, 6.07) is 3.28. The van der Waals surface area contributed by atoms with E-state index in [1.54, 1.807) is 12.1 Å². The first kappa shape index (κ1) is 17.1. The number of aliphatic hydroxyl groups excluding tert-OH is 1. The molecule has 0 aliphatic heterocycles. The van der Waals surface area contributed by atoms with E-state index < -0.39 is 0 Å². The molecule has 0 aliphatic rings. The maximum atomic E-state index is 11.8. The molecule has 0 heterocycles. The van der Waals surface area contributed by atoms with Crippen molar-refractivity contribution < 1.29 is 24.1 Å². The minimum absolute atomic E-state index is 0.141. The molecular formula is C15H23NO5. The van der Waals surface area contributed by atoms with Crippen LogP contribution in [-0.4, -0.2) is 37.4 Å². The normalized spacial score (nSPS) is 11.0. The minimum atomic E-state index is -0.324. The first-order valence-corrected chi connectivity index (χ1v) is 6.60. The topological polar surface area (TPSA) is 77.0 Å². The van der Waals surface area contributed by atoms with Crippen LogP contribution in [0.25, 0.3) is 0 Å². The molecule has 0 saturated heterocycles. The van der Waals surface area contributed by atoms with Crippen LogP contribution in [0.2, 0.25) is 0 Å². The van der Waals surface area contributed by atoms with Gasteiger partial charge < -0.3 is 24.6 Å². The summed E-state index contributed by atoms with van der Waals surface area (Å²) < 4.78 is 15.9. The molecule has 0 fully saturated rings. The van der Waals surface area contributed by atoms with Gasteiger partial charge in [0.25, 0.3) is 5.91 Å². The summed E-state index contributed by atoms with van der Waals surface area (Å²) in [5, 5.41) is 12.0. The number of methoxy groups -OCH3 is 2. The van der Waals surface area contributed by atoms with Gasteiger partial charge in [-0.3, -0.25) is 4.79 Å². The van der Waals surface area contributed by atoms with E-state index in [4.69, 9.17) is 14.2 Å². The lowest BCUT2D eigenvalue weighted by Gasteiger charge is -2.21. The molecule has 0 aliphatic carbocycles. The van der Waals surface area contributed by atoms with Gasteiger partial charge in [-0.05, 0) is 38.5 Å². The van der Waals surface area contributed by atoms with Crippen LogP contribution in [0.1, 0.15) is 26.3 Å². The summed E-state index contributed by atoms with van der Waals surface area (Å²) in [5.74, 6) is 0.906. The largest absolute Gasteiger partial charge is 0.493 e. The lowest BCUT2D eigenvalue weighted by Crippen LogP contribution is -2.43. The number of hydrogen-bond acceptors (Lipinski definition) is 5. The zero-order valence-corrected chi connectivity index (χ0v) is 13.1. The first-order chi connectivity index (χ1) is 9.80. The van der Waals surface area contributed by atoms with Crippen LogP contribution in [0.3, 0.4) is 0 Å². The number of nitrogens with one attached hydrogen (secondary N) is 1. The smallest absolute Gasteiger partial charge is 0.258 e. The summed E-state index contributed by atoms with van der Waals surface area (Å²) in [6.45, 7) is 5.38. The Morgan fingerprint density at radius 3 is 2.10 bits per heavy atom. The number of carbonyl (C=O) groups excluding carboxylic acids is 1. The lowest BCUT2D eigenvalue weighted by molar-refractivity contribution is -0.124. The number of rotatable bonds is 6. The Balaban J connectivity index is 2.89. The molecular weight excluding hydrogens is 274 g/mol. The van der Waals surface area contributed by atoms with E-state index in [-0.39, 0.29) is 24.7 Å². The molecule has 2 N–H and O–H groups in total. The van der Waals surface area contributed by atoms with E-state index >= 15 is 0 Å². The molecule has 1 aromatic carbocycles. The summed E-state index contributed by atoms with van der Waals surface area (Å²) in [5.41, 5.74) is 0.310. The molecule has 0 atom stereocenters. The van der Waals surface area contributed by atoms with Crippen LogP contribution in [0.4, 0.5) is 0 Å². The second-order valence-electron chi connectivity index (χ2n) is 5.57. The average Bonchev–Trinajstić information content (AvgIpc) is 2.42. The number of carbonyl (C=O) groups is 1. The van der Waals surface area contributed by atoms with Gasteiger partial charge >= 0.3 is 0 Å². The zero-order chi connectivity index (χ0) is 16.0. The van der Waals surface area contributed by atoms with Crippen molar-refractivity contribution in [3.8, 4) is 17.2 Å². The molecule has 21 heavy (non-hydrogen) atoms. The van der Waals surface area contributed by atoms with Crippen LogP contribution in [0.15, 0.2) is 12.1 Å². The van der Waals surface area contributed by atoms with Crippen molar-refractivity contribution in [2.24, 2.45) is 0 Å². The molecule has 0 aromatic heterocycles. The standard InChI is InChI=1S/C15H23NO5/c1-15(2,3)16-13(18)9-21-14-11(19-4)6-10(8-17)7-12(14)20-5/h6-7,17H,8-9H2,1-5H3,(H,16,18). The van der Waals surface area contributed by atoms with Crippen molar-refractivity contribution in [2.75, 3.05) is 20.8 Å². The van der Waals surface area contributed by atoms with Crippen LogP contribution in [-0.2, 0) is 11.4 Å². The average molecular weight is 297 g/mol. The van der Waals surface area contributed by atoms with Gasteiger partial charge in [0, 0.05) is 5.54 Å². The molecule has 118 valence electrons. The number of aliphatic hydroxyl groups is 1. The van der Waals surface area contributed by atoms with Crippen molar-refractivity contribution in [1.29, 1.82) is 0 Å². The fourth-order valence-corrected chi connectivity index (χ4v) is 1.76. The highest BCUT2D eigenvalue weighted by atomic mass is 16.5. The number of hydrogen-bond donors (Lipinski definition) is 2. The van der Waals surface area contributed by atoms with Crippen LogP contribution >= 0.6 is 0 Å². The second-order valence-corrected chi connectivity index (χ2v) is 5.57. The highest BCUT2D eigenvalue weighted by Crippen LogP contribution is 2.38. The monoisotopic (exact) mass is 297 g/mol. The maximum Gasteiger partial charge on any atom is 0.258 e. The Morgan fingerprint density at radius 2 is 1.71 bits per heavy atom. The molecule has 6 nitrogen and oxygen atoms in total. The molecule has 0 spiro atoms. The third-order valence-corrected chi connectivity index (χ3v) is 2.56. The van der Waals surface area contributed by atoms with E-state index in [0.29, 0.717) is 22.8 Å². The van der Waals surface area contributed by atoms with Gasteiger partial charge in [0.15, 0.2) is 18.1 Å². The highest BCUT2D eigenvalue weighted by Gasteiger charge is 2.18. The van der Waals surface area contributed by atoms with Gasteiger partial charge in [-0.1, -0.05) is 0 Å². The Labute approximate surface area is 125 Å². The van der Waals surface area contributed by atoms with Crippen molar-refractivity contribution in [3.63, 3.8) is 0 Å². The zero-order valence-electron chi connectivity index (χ0n) is 13.1. The van der Waals surface area contributed by atoms with Gasteiger partial charge in [0.2, 0.25) is 5.75 Å². The van der Waals surface area contributed by atoms with Crippen molar-refractivity contribution in [1.82, 2.24) is 5.32 Å². The Kier molecular flexibility index (Phi) is 5.84. The predicted molar refractivity (Wildman–Crippen MR) is 78.9 cm³/mol. The quantitative estimate of drug-likeness (QED) is 0.832. The van der Waals surface area contributed by atoms with Crippen LogP contribution in [0, 0.1) is 0 Å². The second kappa shape index (κ2) is 7.17. The molecule has 0 unspecified atom stereocenters. The molecule has 1 rings (SSSR count). The summed E-state index contributed by atoms with van der Waals surface area (Å²) in [4.78, 5) is 11.8. The van der Waals surface area contributed by atoms with Crippen LogP contribution in [0.5, 0.6) is 17.2 Å².